The molecule has 4 N–H and O–H groups in total. The fourth-order valence-corrected chi connectivity index (χ4v) is 2.90. The van der Waals surface area contributed by atoms with Crippen LogP contribution in [0.15, 0.2) is 54.6 Å². The monoisotopic (exact) mass is 378 g/mol. The molecule has 0 fully saturated rings. The summed E-state index contributed by atoms with van der Waals surface area (Å²) in [6.45, 7) is 3.12. The second-order valence-electron chi connectivity index (χ2n) is 6.39. The molecule has 0 atom stereocenters. The molecule has 1 aromatic heterocycles. The molecular formula is C22H26N4O2. The molecule has 3 aromatic rings. The van der Waals surface area contributed by atoms with Gasteiger partial charge in [-0.05, 0) is 42.5 Å². The fraction of sp³-hybridized carbons (Fsp3) is 0.273. The molecule has 0 bridgehead atoms. The van der Waals surface area contributed by atoms with Crippen LogP contribution >= 0.6 is 0 Å². The third-order valence-corrected chi connectivity index (χ3v) is 4.31. The zero-order valence-corrected chi connectivity index (χ0v) is 16.1. The number of hydrogen-bond acceptors (Lipinski definition) is 6. The average molecular weight is 378 g/mol. The molecule has 0 aliphatic carbocycles. The maximum Gasteiger partial charge on any atom is 0.222 e. The first-order valence-corrected chi connectivity index (χ1v) is 9.50. The summed E-state index contributed by atoms with van der Waals surface area (Å²) in [7, 11) is 0. The average Bonchev–Trinajstić information content (AvgIpc) is 2.72. The molecule has 28 heavy (non-hydrogen) atoms. The van der Waals surface area contributed by atoms with Crippen molar-refractivity contribution in [3.63, 3.8) is 0 Å². The molecule has 3 rings (SSSR count). The lowest BCUT2D eigenvalue weighted by atomic mass is 10.1. The number of nitrogens with two attached hydrogens (primary N) is 2. The molecule has 146 valence electrons. The summed E-state index contributed by atoms with van der Waals surface area (Å²) in [5, 5.41) is 0. The van der Waals surface area contributed by atoms with Gasteiger partial charge in [0.05, 0.1) is 18.9 Å². The van der Waals surface area contributed by atoms with Gasteiger partial charge in [0.1, 0.15) is 5.75 Å². The van der Waals surface area contributed by atoms with Gasteiger partial charge >= 0.3 is 0 Å². The molecule has 0 aliphatic rings. The second kappa shape index (κ2) is 9.60. The Bertz CT molecular complexity index is 900. The summed E-state index contributed by atoms with van der Waals surface area (Å²) >= 11 is 0. The molecule has 0 saturated heterocycles. The van der Waals surface area contributed by atoms with Gasteiger partial charge in [-0.2, -0.15) is 4.98 Å². The van der Waals surface area contributed by atoms with Crippen LogP contribution in [0.2, 0.25) is 0 Å². The normalized spacial score (nSPS) is 10.6. The summed E-state index contributed by atoms with van der Waals surface area (Å²) in [6.07, 6.45) is 2.39. The van der Waals surface area contributed by atoms with Crippen molar-refractivity contribution in [2.75, 3.05) is 24.7 Å². The minimum Gasteiger partial charge on any atom is -0.494 e. The largest absolute Gasteiger partial charge is 0.494 e. The summed E-state index contributed by atoms with van der Waals surface area (Å²) in [5.41, 5.74) is 14.6. The standard InChI is InChI=1S/C22H26N4O2/c1-2-19-20(21(23)26-22(24)25-19)28-14-7-6-13-27-18-12-8-11-17(15-18)16-9-4-3-5-10-16/h3-5,8-12,15H,2,6-7,13-14H2,1H3,(H4,23,24,25,26). The van der Waals surface area contributed by atoms with Crippen molar-refractivity contribution >= 4 is 11.8 Å². The maximum absolute atomic E-state index is 5.90. The SMILES string of the molecule is CCc1nc(N)nc(N)c1OCCCCOc1cccc(-c2ccccc2)c1. The molecule has 0 spiro atoms. The van der Waals surface area contributed by atoms with E-state index in [-0.39, 0.29) is 5.95 Å². The zero-order chi connectivity index (χ0) is 19.8. The summed E-state index contributed by atoms with van der Waals surface area (Å²) in [5.74, 6) is 1.87. The quantitative estimate of drug-likeness (QED) is 0.544. The van der Waals surface area contributed by atoms with Gasteiger partial charge in [-0.15, -0.1) is 0 Å². The minimum absolute atomic E-state index is 0.174. The van der Waals surface area contributed by atoms with Gasteiger partial charge in [-0.25, -0.2) is 4.98 Å². The van der Waals surface area contributed by atoms with Crippen LogP contribution in [0.5, 0.6) is 11.5 Å². The van der Waals surface area contributed by atoms with E-state index in [2.05, 4.69) is 34.2 Å². The molecule has 1 heterocycles. The van der Waals surface area contributed by atoms with E-state index in [1.807, 2.05) is 37.3 Å². The highest BCUT2D eigenvalue weighted by molar-refractivity contribution is 5.64. The van der Waals surface area contributed by atoms with Crippen LogP contribution in [-0.4, -0.2) is 23.2 Å². The Balaban J connectivity index is 1.45. The van der Waals surface area contributed by atoms with Gasteiger partial charge in [-0.3, -0.25) is 0 Å². The van der Waals surface area contributed by atoms with Gasteiger partial charge in [0, 0.05) is 0 Å². The first kappa shape index (κ1) is 19.5. The summed E-state index contributed by atoms with van der Waals surface area (Å²) in [6, 6.07) is 18.4. The van der Waals surface area contributed by atoms with Crippen molar-refractivity contribution in [3.8, 4) is 22.6 Å². The summed E-state index contributed by atoms with van der Waals surface area (Å²) < 4.78 is 11.7. The highest BCUT2D eigenvalue weighted by Gasteiger charge is 2.11. The number of hydrogen-bond donors (Lipinski definition) is 2. The topological polar surface area (TPSA) is 96.3 Å². The molecular weight excluding hydrogens is 352 g/mol. The number of ether oxygens (including phenoxy) is 2. The number of anilines is 2. The summed E-state index contributed by atoms with van der Waals surface area (Å²) in [4.78, 5) is 8.14. The van der Waals surface area contributed by atoms with Crippen LogP contribution in [0.4, 0.5) is 11.8 Å². The van der Waals surface area contributed by atoms with E-state index >= 15 is 0 Å². The molecule has 0 amide bonds. The third-order valence-electron chi connectivity index (χ3n) is 4.31. The Kier molecular flexibility index (Phi) is 6.68. The van der Waals surface area contributed by atoms with E-state index in [1.165, 1.54) is 5.56 Å². The Morgan fingerprint density at radius 3 is 2.29 bits per heavy atom. The highest BCUT2D eigenvalue weighted by Crippen LogP contribution is 2.25. The van der Waals surface area contributed by atoms with Gasteiger partial charge in [0.25, 0.3) is 0 Å². The van der Waals surface area contributed by atoms with E-state index in [0.29, 0.717) is 31.2 Å². The van der Waals surface area contributed by atoms with Gasteiger partial charge in [0.15, 0.2) is 11.6 Å². The number of nitrogen functional groups attached to an aromatic ring is 2. The molecule has 6 heteroatoms. The van der Waals surface area contributed by atoms with Crippen LogP contribution in [-0.2, 0) is 6.42 Å². The molecule has 0 unspecified atom stereocenters. The lowest BCUT2D eigenvalue weighted by Crippen LogP contribution is -2.10. The van der Waals surface area contributed by atoms with Crippen LogP contribution in [0.1, 0.15) is 25.5 Å². The number of rotatable bonds is 9. The third kappa shape index (κ3) is 5.13. The molecule has 0 radical (unpaired) electrons. The predicted octanol–water partition coefficient (Wildman–Crippen LogP) is 4.11. The molecule has 0 aliphatic heterocycles. The molecule has 0 saturated carbocycles. The van der Waals surface area contributed by atoms with Crippen molar-refractivity contribution in [3.05, 3.63) is 60.3 Å². The lowest BCUT2D eigenvalue weighted by Gasteiger charge is -2.12. The fourth-order valence-electron chi connectivity index (χ4n) is 2.90. The predicted molar refractivity (Wildman–Crippen MR) is 112 cm³/mol. The molecule has 6 nitrogen and oxygen atoms in total. The van der Waals surface area contributed by atoms with Crippen molar-refractivity contribution in [1.29, 1.82) is 0 Å². The van der Waals surface area contributed by atoms with E-state index in [1.54, 1.807) is 0 Å². The van der Waals surface area contributed by atoms with Crippen molar-refractivity contribution in [1.82, 2.24) is 9.97 Å². The smallest absolute Gasteiger partial charge is 0.222 e. The first-order valence-electron chi connectivity index (χ1n) is 9.50. The maximum atomic E-state index is 5.90. The highest BCUT2D eigenvalue weighted by atomic mass is 16.5. The second-order valence-corrected chi connectivity index (χ2v) is 6.39. The Hall–Kier alpha value is -3.28. The van der Waals surface area contributed by atoms with Gasteiger partial charge in [0.2, 0.25) is 5.95 Å². The number of benzene rings is 2. The van der Waals surface area contributed by atoms with Crippen LogP contribution in [0.3, 0.4) is 0 Å². The van der Waals surface area contributed by atoms with E-state index in [4.69, 9.17) is 20.9 Å². The lowest BCUT2D eigenvalue weighted by molar-refractivity contribution is 0.265. The Labute approximate surface area is 165 Å². The van der Waals surface area contributed by atoms with Crippen molar-refractivity contribution in [2.24, 2.45) is 0 Å². The Morgan fingerprint density at radius 2 is 1.54 bits per heavy atom. The van der Waals surface area contributed by atoms with Gasteiger partial charge in [-0.1, -0.05) is 49.4 Å². The number of unbranched alkanes of at least 4 members (excludes halogenated alkanes) is 1. The van der Waals surface area contributed by atoms with Crippen molar-refractivity contribution < 1.29 is 9.47 Å². The first-order chi connectivity index (χ1) is 13.7. The van der Waals surface area contributed by atoms with Crippen molar-refractivity contribution in [2.45, 2.75) is 26.2 Å². The Morgan fingerprint density at radius 1 is 0.821 bits per heavy atom. The zero-order valence-electron chi connectivity index (χ0n) is 16.1. The number of nitrogens with zero attached hydrogens (tertiary/aromatic N) is 2. The number of aryl methyl sites for hydroxylation is 1. The van der Waals surface area contributed by atoms with Gasteiger partial charge < -0.3 is 20.9 Å². The van der Waals surface area contributed by atoms with E-state index < -0.39 is 0 Å². The van der Waals surface area contributed by atoms with Crippen LogP contribution in [0, 0.1) is 0 Å². The number of aromatic nitrogens is 2. The van der Waals surface area contributed by atoms with Crippen LogP contribution < -0.4 is 20.9 Å². The van der Waals surface area contributed by atoms with Crippen LogP contribution in [0.25, 0.3) is 11.1 Å². The molecule has 2 aromatic carbocycles. The minimum atomic E-state index is 0.174. The van der Waals surface area contributed by atoms with E-state index in [0.717, 1.165) is 29.8 Å². The van der Waals surface area contributed by atoms with E-state index in [9.17, 15) is 0 Å².